The maximum Gasteiger partial charge on any atom is 0.300 e. The molecule has 1 saturated heterocycles. The molecule has 1 unspecified atom stereocenters. The quantitative estimate of drug-likeness (QED) is 0.218. The van der Waals surface area contributed by atoms with Crippen LogP contribution in [0.4, 0.5) is 5.69 Å². The number of hydrogen-bond donors (Lipinski definition) is 1. The molecule has 0 spiro atoms. The molecule has 0 bridgehead atoms. The number of aliphatic hydroxyl groups excluding tert-OH is 1. The number of ketones is 1. The topological polar surface area (TPSA) is 66.8 Å². The normalized spacial score (nSPS) is 17.5. The Morgan fingerprint density at radius 1 is 1.00 bits per heavy atom. The number of carbonyl (C=O) groups is 2. The Kier molecular flexibility index (Phi) is 7.20. The highest BCUT2D eigenvalue weighted by molar-refractivity contribution is 6.52. The standard InChI is InChI=1S/C31H32ClNO4/c1-18(2)37-23-10-7-9-21(17-23)28(34)26-27(20-13-15-22(16-14-20)31(4,5)6)33(30(36)29(26)35)25-12-8-11-24(32)19(25)3/h7-18,27,34H,1-6H3/b28-26+. The lowest BCUT2D eigenvalue weighted by Crippen LogP contribution is -2.30. The van der Waals surface area contributed by atoms with Crippen LogP contribution in [-0.2, 0) is 15.0 Å². The van der Waals surface area contributed by atoms with Crippen molar-refractivity contribution < 1.29 is 19.4 Å². The van der Waals surface area contributed by atoms with Gasteiger partial charge in [-0.25, -0.2) is 0 Å². The summed E-state index contributed by atoms with van der Waals surface area (Å²) in [6.07, 6.45) is -0.0601. The van der Waals surface area contributed by atoms with Crippen molar-refractivity contribution in [3.8, 4) is 5.75 Å². The van der Waals surface area contributed by atoms with E-state index in [1.807, 2.05) is 45.0 Å². The number of anilines is 1. The van der Waals surface area contributed by atoms with Crippen molar-refractivity contribution in [3.63, 3.8) is 0 Å². The lowest BCUT2D eigenvalue weighted by atomic mass is 9.85. The van der Waals surface area contributed by atoms with Crippen molar-refractivity contribution in [1.29, 1.82) is 0 Å². The first-order chi connectivity index (χ1) is 17.4. The number of halogens is 1. The molecule has 0 radical (unpaired) electrons. The molecule has 1 N–H and O–H groups in total. The molecule has 0 saturated carbocycles. The van der Waals surface area contributed by atoms with Crippen LogP contribution in [0.2, 0.25) is 5.02 Å². The zero-order chi connectivity index (χ0) is 27.1. The van der Waals surface area contributed by atoms with E-state index in [0.29, 0.717) is 33.1 Å². The lowest BCUT2D eigenvalue weighted by Gasteiger charge is -2.28. The Morgan fingerprint density at radius 2 is 1.65 bits per heavy atom. The lowest BCUT2D eigenvalue weighted by molar-refractivity contribution is -0.132. The summed E-state index contributed by atoms with van der Waals surface area (Å²) in [7, 11) is 0. The van der Waals surface area contributed by atoms with Crippen molar-refractivity contribution in [2.45, 2.75) is 59.1 Å². The van der Waals surface area contributed by atoms with Crippen LogP contribution in [0.25, 0.3) is 5.76 Å². The molecule has 6 heteroatoms. The number of rotatable bonds is 5. The predicted octanol–water partition coefficient (Wildman–Crippen LogP) is 7.36. The van der Waals surface area contributed by atoms with Gasteiger partial charge < -0.3 is 9.84 Å². The molecule has 3 aromatic carbocycles. The Balaban J connectivity index is 1.94. The fraction of sp³-hybridized carbons (Fsp3) is 0.290. The van der Waals surface area contributed by atoms with Crippen LogP contribution in [0.1, 0.15) is 62.9 Å². The number of benzene rings is 3. The number of nitrogens with zero attached hydrogens (tertiary/aromatic N) is 1. The van der Waals surface area contributed by atoms with E-state index < -0.39 is 17.7 Å². The minimum absolute atomic E-state index is 0.0228. The second-order valence-corrected chi connectivity index (χ2v) is 11.0. The Bertz CT molecular complexity index is 1380. The van der Waals surface area contributed by atoms with Crippen LogP contribution < -0.4 is 9.64 Å². The van der Waals surface area contributed by atoms with Crippen molar-refractivity contribution in [1.82, 2.24) is 0 Å². The summed E-state index contributed by atoms with van der Waals surface area (Å²) in [4.78, 5) is 28.4. The zero-order valence-electron chi connectivity index (χ0n) is 22.0. The predicted molar refractivity (Wildman–Crippen MR) is 148 cm³/mol. The SMILES string of the molecule is Cc1c(Cl)cccc1N1C(=O)C(=O)/C(=C(/O)c2cccc(OC(C)C)c2)C1c1ccc(C(C)(C)C)cc1. The Morgan fingerprint density at radius 3 is 2.27 bits per heavy atom. The first-order valence-electron chi connectivity index (χ1n) is 12.3. The van der Waals surface area contributed by atoms with Gasteiger partial charge in [0, 0.05) is 16.3 Å². The molecule has 1 aliphatic rings. The zero-order valence-corrected chi connectivity index (χ0v) is 22.8. The third-order valence-electron chi connectivity index (χ3n) is 6.51. The number of amides is 1. The van der Waals surface area contributed by atoms with E-state index in [-0.39, 0.29) is 22.9 Å². The molecule has 1 atom stereocenters. The molecule has 3 aromatic rings. The van der Waals surface area contributed by atoms with E-state index in [1.54, 1.807) is 42.5 Å². The molecule has 192 valence electrons. The fourth-order valence-electron chi connectivity index (χ4n) is 4.56. The summed E-state index contributed by atoms with van der Waals surface area (Å²) in [5.41, 5.74) is 3.38. The highest BCUT2D eigenvalue weighted by atomic mass is 35.5. The van der Waals surface area contributed by atoms with E-state index in [9.17, 15) is 14.7 Å². The maximum absolute atomic E-state index is 13.5. The Hall–Kier alpha value is -3.57. The average molecular weight is 518 g/mol. The smallest absolute Gasteiger partial charge is 0.300 e. The van der Waals surface area contributed by atoms with Crippen molar-refractivity contribution in [2.75, 3.05) is 4.90 Å². The van der Waals surface area contributed by atoms with E-state index in [0.717, 1.165) is 5.56 Å². The van der Waals surface area contributed by atoms with E-state index in [1.165, 1.54) is 4.90 Å². The van der Waals surface area contributed by atoms with Gasteiger partial charge in [-0.2, -0.15) is 0 Å². The molecule has 1 amide bonds. The molecule has 5 nitrogen and oxygen atoms in total. The number of ether oxygens (including phenoxy) is 1. The number of Topliss-reactive ketones (excluding diaryl/α,β-unsaturated/α-hetero) is 1. The minimum Gasteiger partial charge on any atom is -0.507 e. The van der Waals surface area contributed by atoms with Gasteiger partial charge in [0.15, 0.2) is 0 Å². The van der Waals surface area contributed by atoms with Crippen molar-refractivity contribution in [2.24, 2.45) is 0 Å². The number of hydrogen-bond acceptors (Lipinski definition) is 4. The molecule has 0 aliphatic carbocycles. The summed E-state index contributed by atoms with van der Waals surface area (Å²) in [6, 6.07) is 19.1. The highest BCUT2D eigenvalue weighted by Gasteiger charge is 2.47. The number of carbonyl (C=O) groups excluding carboxylic acids is 2. The van der Waals surface area contributed by atoms with Gasteiger partial charge in [-0.3, -0.25) is 14.5 Å². The van der Waals surface area contributed by atoms with Gasteiger partial charge in [-0.1, -0.05) is 74.8 Å². The fourth-order valence-corrected chi connectivity index (χ4v) is 4.73. The third kappa shape index (κ3) is 5.14. The summed E-state index contributed by atoms with van der Waals surface area (Å²) in [5, 5.41) is 12.0. The maximum atomic E-state index is 13.5. The van der Waals surface area contributed by atoms with Gasteiger partial charge in [0.25, 0.3) is 11.7 Å². The van der Waals surface area contributed by atoms with Gasteiger partial charge in [0.1, 0.15) is 11.5 Å². The van der Waals surface area contributed by atoms with E-state index >= 15 is 0 Å². The largest absolute Gasteiger partial charge is 0.507 e. The first-order valence-corrected chi connectivity index (χ1v) is 12.7. The summed E-state index contributed by atoms with van der Waals surface area (Å²) in [5.74, 6) is -1.16. The van der Waals surface area contributed by atoms with Crippen LogP contribution in [0.5, 0.6) is 5.75 Å². The highest BCUT2D eigenvalue weighted by Crippen LogP contribution is 2.44. The van der Waals surface area contributed by atoms with Gasteiger partial charge in [0.2, 0.25) is 0 Å². The van der Waals surface area contributed by atoms with Crippen molar-refractivity contribution in [3.05, 3.63) is 99.6 Å². The molecule has 37 heavy (non-hydrogen) atoms. The van der Waals surface area contributed by atoms with Crippen molar-refractivity contribution >= 4 is 34.7 Å². The van der Waals surface area contributed by atoms with Gasteiger partial charge in [-0.05, 0) is 67.1 Å². The first kappa shape index (κ1) is 26.5. The van der Waals surface area contributed by atoms with Gasteiger partial charge in [0.05, 0.1) is 17.7 Å². The Labute approximate surface area is 223 Å². The molecule has 1 aliphatic heterocycles. The van der Waals surface area contributed by atoms with Gasteiger partial charge >= 0.3 is 0 Å². The van der Waals surface area contributed by atoms with E-state index in [2.05, 4.69) is 20.8 Å². The molecule has 0 aromatic heterocycles. The van der Waals surface area contributed by atoms with Gasteiger partial charge in [-0.15, -0.1) is 0 Å². The second-order valence-electron chi connectivity index (χ2n) is 10.6. The summed E-state index contributed by atoms with van der Waals surface area (Å²) < 4.78 is 5.78. The molecular formula is C31H32ClNO4. The third-order valence-corrected chi connectivity index (χ3v) is 6.92. The van der Waals surface area contributed by atoms with Crippen LogP contribution in [0.15, 0.2) is 72.3 Å². The van der Waals surface area contributed by atoms with Crippen LogP contribution >= 0.6 is 11.6 Å². The van der Waals surface area contributed by atoms with Crippen LogP contribution in [0.3, 0.4) is 0 Å². The molecule has 4 rings (SSSR count). The van der Waals surface area contributed by atoms with Crippen LogP contribution in [0, 0.1) is 6.92 Å². The second kappa shape index (κ2) is 10.1. The minimum atomic E-state index is -0.833. The van der Waals surface area contributed by atoms with E-state index in [4.69, 9.17) is 16.3 Å². The molecule has 1 heterocycles. The summed E-state index contributed by atoms with van der Waals surface area (Å²) in [6.45, 7) is 12.0. The molecule has 1 fully saturated rings. The number of aliphatic hydroxyl groups is 1. The monoisotopic (exact) mass is 517 g/mol. The summed E-state index contributed by atoms with van der Waals surface area (Å²) >= 11 is 6.40. The molecular weight excluding hydrogens is 486 g/mol. The van der Waals surface area contributed by atoms with Crippen LogP contribution in [-0.4, -0.2) is 22.9 Å². The average Bonchev–Trinajstić information content (AvgIpc) is 3.10.